The van der Waals surface area contributed by atoms with E-state index in [1.807, 2.05) is 32.9 Å². The van der Waals surface area contributed by atoms with E-state index in [-0.39, 0.29) is 10.6 Å². The van der Waals surface area contributed by atoms with Gasteiger partial charge in [0.2, 0.25) is 0 Å². The van der Waals surface area contributed by atoms with Gasteiger partial charge < -0.3 is 4.55 Å². The molecule has 1 aromatic carbocycles. The van der Waals surface area contributed by atoms with Crippen LogP contribution in [-0.4, -0.2) is 9.30 Å². The minimum Gasteiger partial charge on any atom is -0.598 e. The predicted octanol–water partition coefficient (Wildman–Crippen LogP) is 3.25. The van der Waals surface area contributed by atoms with E-state index in [0.29, 0.717) is 12.5 Å². The monoisotopic (exact) mass is 269 g/mol. The minimum absolute atomic E-state index is 0.127. The third-order valence-corrected chi connectivity index (χ3v) is 4.56. The van der Waals surface area contributed by atoms with Crippen molar-refractivity contribution in [2.75, 3.05) is 0 Å². The van der Waals surface area contributed by atoms with Crippen LogP contribution in [0.25, 0.3) is 0 Å². The molecule has 0 bridgehead atoms. The number of benzene rings is 1. The molecule has 1 aliphatic rings. The predicted molar refractivity (Wildman–Crippen MR) is 73.1 cm³/mol. The van der Waals surface area contributed by atoms with E-state index in [1.54, 1.807) is 6.07 Å². The van der Waals surface area contributed by atoms with Gasteiger partial charge in [0.15, 0.2) is 0 Å². The van der Waals surface area contributed by atoms with Crippen LogP contribution in [0.3, 0.4) is 0 Å². The molecule has 1 unspecified atom stereocenters. The van der Waals surface area contributed by atoms with Crippen molar-refractivity contribution in [3.05, 3.63) is 35.1 Å². The Morgan fingerprint density at radius 3 is 2.56 bits per heavy atom. The highest BCUT2D eigenvalue weighted by molar-refractivity contribution is 7.90. The lowest BCUT2D eigenvalue weighted by molar-refractivity contribution is 0.543. The van der Waals surface area contributed by atoms with E-state index in [4.69, 9.17) is 0 Å². The van der Waals surface area contributed by atoms with Crippen molar-refractivity contribution in [2.24, 2.45) is 0 Å². The molecule has 0 heterocycles. The summed E-state index contributed by atoms with van der Waals surface area (Å²) in [5.74, 6) is 0.300. The van der Waals surface area contributed by atoms with Crippen molar-refractivity contribution in [3.8, 4) is 0 Å². The molecule has 0 aliphatic heterocycles. The second-order valence-corrected chi connectivity index (χ2v) is 7.88. The van der Waals surface area contributed by atoms with Gasteiger partial charge in [-0.05, 0) is 56.7 Å². The number of hydrogen-bond acceptors (Lipinski definition) is 2. The lowest BCUT2D eigenvalue weighted by Crippen LogP contribution is -2.38. The molecule has 1 aromatic rings. The average Bonchev–Trinajstić information content (AvgIpc) is 3.08. The Morgan fingerprint density at radius 2 is 2.06 bits per heavy atom. The first-order valence-electron chi connectivity index (χ1n) is 6.31. The third-order valence-electron chi connectivity index (χ3n) is 3.05. The summed E-state index contributed by atoms with van der Waals surface area (Å²) in [6, 6.07) is 5.34. The van der Waals surface area contributed by atoms with Crippen LogP contribution in [0, 0.1) is 5.82 Å². The molecule has 4 heteroatoms. The SMILES string of the molecule is CC(C)(C)[S+]([O-])NCc1ccc(C2CC2)c(F)c1. The number of rotatable bonds is 4. The van der Waals surface area contributed by atoms with Gasteiger partial charge in [0.05, 0.1) is 6.54 Å². The van der Waals surface area contributed by atoms with E-state index in [1.165, 1.54) is 0 Å². The van der Waals surface area contributed by atoms with Crippen molar-refractivity contribution in [3.63, 3.8) is 0 Å². The maximum Gasteiger partial charge on any atom is 0.136 e. The normalized spacial score (nSPS) is 17.8. The first kappa shape index (κ1) is 13.8. The highest BCUT2D eigenvalue weighted by Gasteiger charge is 2.27. The molecule has 0 saturated heterocycles. The molecule has 0 aromatic heterocycles. The van der Waals surface area contributed by atoms with Gasteiger partial charge in [-0.15, -0.1) is 4.72 Å². The summed E-state index contributed by atoms with van der Waals surface area (Å²) >= 11 is -1.12. The van der Waals surface area contributed by atoms with Crippen LogP contribution in [0.1, 0.15) is 50.7 Å². The lowest BCUT2D eigenvalue weighted by Gasteiger charge is -2.23. The topological polar surface area (TPSA) is 35.1 Å². The van der Waals surface area contributed by atoms with Crippen molar-refractivity contribution >= 4 is 11.4 Å². The second kappa shape index (κ2) is 5.19. The number of halogens is 1. The molecule has 0 amide bonds. The largest absolute Gasteiger partial charge is 0.598 e. The maximum atomic E-state index is 13.8. The van der Waals surface area contributed by atoms with Crippen LogP contribution in [0.2, 0.25) is 0 Å². The molecular weight excluding hydrogens is 249 g/mol. The Hall–Kier alpha value is -0.580. The molecule has 2 nitrogen and oxygen atoms in total. The van der Waals surface area contributed by atoms with Gasteiger partial charge in [0.25, 0.3) is 0 Å². The molecule has 1 atom stereocenters. The van der Waals surface area contributed by atoms with E-state index >= 15 is 0 Å². The average molecular weight is 269 g/mol. The summed E-state index contributed by atoms with van der Waals surface area (Å²) in [7, 11) is 0. The highest BCUT2D eigenvalue weighted by Crippen LogP contribution is 2.41. The number of nitrogens with one attached hydrogen (secondary N) is 1. The molecular formula is C14H20FNOS. The highest BCUT2D eigenvalue weighted by atomic mass is 32.2. The van der Waals surface area contributed by atoms with Gasteiger partial charge >= 0.3 is 0 Å². The molecule has 100 valence electrons. The summed E-state index contributed by atoms with van der Waals surface area (Å²) in [5, 5.41) is 0. The minimum atomic E-state index is -1.12. The fraction of sp³-hybridized carbons (Fsp3) is 0.571. The Balaban J connectivity index is 1.96. The van der Waals surface area contributed by atoms with Gasteiger partial charge in [-0.2, -0.15) is 0 Å². The summed E-state index contributed by atoms with van der Waals surface area (Å²) in [5.41, 5.74) is 1.67. The zero-order valence-corrected chi connectivity index (χ0v) is 11.9. The first-order chi connectivity index (χ1) is 8.38. The molecule has 1 saturated carbocycles. The zero-order chi connectivity index (χ0) is 13.3. The fourth-order valence-corrected chi connectivity index (χ4v) is 2.50. The smallest absolute Gasteiger partial charge is 0.136 e. The van der Waals surface area contributed by atoms with Crippen LogP contribution in [-0.2, 0) is 17.9 Å². The third kappa shape index (κ3) is 3.46. The summed E-state index contributed by atoms with van der Waals surface area (Å²) in [6.45, 7) is 6.17. The Morgan fingerprint density at radius 1 is 1.39 bits per heavy atom. The molecule has 0 radical (unpaired) electrons. The summed E-state index contributed by atoms with van der Waals surface area (Å²) in [4.78, 5) is 0. The van der Waals surface area contributed by atoms with Gasteiger partial charge in [0, 0.05) is 11.4 Å². The molecule has 2 rings (SSSR count). The molecule has 1 fully saturated rings. The molecule has 1 aliphatic carbocycles. The lowest BCUT2D eigenvalue weighted by atomic mass is 10.1. The first-order valence-corrected chi connectivity index (χ1v) is 7.46. The second-order valence-electron chi connectivity index (χ2n) is 5.83. The summed E-state index contributed by atoms with van der Waals surface area (Å²) in [6.07, 6.45) is 2.20. The van der Waals surface area contributed by atoms with E-state index < -0.39 is 11.4 Å². The maximum absolute atomic E-state index is 13.8. The Bertz CT molecular complexity index is 426. The van der Waals surface area contributed by atoms with Crippen LogP contribution in [0.15, 0.2) is 18.2 Å². The number of hydrogen-bond donors (Lipinski definition) is 1. The van der Waals surface area contributed by atoms with Crippen LogP contribution in [0.4, 0.5) is 4.39 Å². The van der Waals surface area contributed by atoms with Crippen LogP contribution < -0.4 is 4.72 Å². The quantitative estimate of drug-likeness (QED) is 0.852. The van der Waals surface area contributed by atoms with E-state index in [9.17, 15) is 8.94 Å². The Labute approximate surface area is 111 Å². The summed E-state index contributed by atoms with van der Waals surface area (Å²) < 4.78 is 28.2. The van der Waals surface area contributed by atoms with Gasteiger partial charge in [-0.3, -0.25) is 0 Å². The van der Waals surface area contributed by atoms with Gasteiger partial charge in [-0.1, -0.05) is 12.1 Å². The zero-order valence-electron chi connectivity index (χ0n) is 11.1. The fourth-order valence-electron chi connectivity index (χ4n) is 1.77. The van der Waals surface area contributed by atoms with Gasteiger partial charge in [0.1, 0.15) is 10.6 Å². The molecule has 0 spiro atoms. The van der Waals surface area contributed by atoms with Crippen molar-refractivity contribution < 1.29 is 8.94 Å². The molecule has 18 heavy (non-hydrogen) atoms. The van der Waals surface area contributed by atoms with Crippen LogP contribution in [0.5, 0.6) is 0 Å². The van der Waals surface area contributed by atoms with E-state index in [2.05, 4.69) is 4.72 Å². The van der Waals surface area contributed by atoms with Crippen molar-refractivity contribution in [1.29, 1.82) is 0 Å². The van der Waals surface area contributed by atoms with Crippen molar-refractivity contribution in [1.82, 2.24) is 4.72 Å². The van der Waals surface area contributed by atoms with E-state index in [0.717, 1.165) is 24.0 Å². The van der Waals surface area contributed by atoms with Crippen LogP contribution >= 0.6 is 0 Å². The molecule has 1 N–H and O–H groups in total. The van der Waals surface area contributed by atoms with Crippen molar-refractivity contribution in [2.45, 2.75) is 50.8 Å². The van der Waals surface area contributed by atoms with Gasteiger partial charge in [-0.25, -0.2) is 4.39 Å². The Kier molecular flexibility index (Phi) is 3.99. The standard InChI is InChI=1S/C14H20FNOS/c1-14(2,3)18(17)16-9-10-4-7-12(11-5-6-11)13(15)8-10/h4,7-8,11,16H,5-6,9H2,1-3H3.